The highest BCUT2D eigenvalue weighted by molar-refractivity contribution is 7.92. The molecule has 2 rings (SSSR count). The van der Waals surface area contributed by atoms with Crippen LogP contribution in [0.3, 0.4) is 0 Å². The molecule has 0 saturated carbocycles. The highest BCUT2D eigenvalue weighted by Gasteiger charge is 2.27. The van der Waals surface area contributed by atoms with Gasteiger partial charge >= 0.3 is 0 Å². The van der Waals surface area contributed by atoms with E-state index in [1.54, 1.807) is 38.1 Å². The van der Waals surface area contributed by atoms with E-state index in [0.717, 1.165) is 6.07 Å². The Morgan fingerprint density at radius 1 is 1.12 bits per heavy atom. The van der Waals surface area contributed by atoms with Crippen LogP contribution in [0.25, 0.3) is 0 Å². The second-order valence-corrected chi connectivity index (χ2v) is 7.13. The minimum absolute atomic E-state index is 0.0718. The van der Waals surface area contributed by atoms with Crippen molar-refractivity contribution < 1.29 is 18.1 Å². The number of nitro groups is 1. The van der Waals surface area contributed by atoms with Gasteiger partial charge in [-0.2, -0.15) is 0 Å². The minimum Gasteiger partial charge on any atom is -0.494 e. The van der Waals surface area contributed by atoms with Crippen LogP contribution in [-0.2, 0) is 10.0 Å². The first kappa shape index (κ1) is 18.7. The fraction of sp³-hybridized carbons (Fsp3) is 0.294. The number of rotatable bonds is 7. The zero-order valence-corrected chi connectivity index (χ0v) is 15.1. The van der Waals surface area contributed by atoms with Gasteiger partial charge in [0, 0.05) is 18.7 Å². The summed E-state index contributed by atoms with van der Waals surface area (Å²) in [6, 6.07) is 10.5. The summed E-state index contributed by atoms with van der Waals surface area (Å²) in [5.74, 6) is 0.645. The summed E-state index contributed by atoms with van der Waals surface area (Å²) in [7, 11) is -3.93. The standard InChI is InChI=1S/C17H20N2O5S/c1-4-18(14-8-10-16(11-9-14)24-5-2)25(22,23)17-12-15(19(20)21)7-6-13(17)3/h6-12H,4-5H2,1-3H3. The molecule has 0 unspecified atom stereocenters. The van der Waals surface area contributed by atoms with Gasteiger partial charge in [-0.15, -0.1) is 0 Å². The summed E-state index contributed by atoms with van der Waals surface area (Å²) in [5, 5.41) is 11.0. The highest BCUT2D eigenvalue weighted by atomic mass is 32.2. The average Bonchev–Trinajstić information content (AvgIpc) is 2.57. The SMILES string of the molecule is CCOc1ccc(N(CC)S(=O)(=O)c2cc([N+](=O)[O-])ccc2C)cc1. The third-order valence-corrected chi connectivity index (χ3v) is 5.72. The fourth-order valence-electron chi connectivity index (χ4n) is 2.47. The Bertz CT molecular complexity index is 863. The van der Waals surface area contributed by atoms with E-state index >= 15 is 0 Å². The molecule has 2 aromatic rings. The van der Waals surface area contributed by atoms with Crippen LogP contribution >= 0.6 is 0 Å². The molecule has 0 bridgehead atoms. The molecule has 0 amide bonds. The minimum atomic E-state index is -3.93. The van der Waals surface area contributed by atoms with Crippen LogP contribution in [0.4, 0.5) is 11.4 Å². The molecule has 0 heterocycles. The molecule has 134 valence electrons. The van der Waals surface area contributed by atoms with Gasteiger partial charge in [0.25, 0.3) is 15.7 Å². The van der Waals surface area contributed by atoms with E-state index in [4.69, 9.17) is 4.74 Å². The Hall–Kier alpha value is -2.61. The molecule has 2 aromatic carbocycles. The van der Waals surface area contributed by atoms with Crippen molar-refractivity contribution in [3.8, 4) is 5.75 Å². The van der Waals surface area contributed by atoms with E-state index in [9.17, 15) is 18.5 Å². The second kappa shape index (κ2) is 7.52. The van der Waals surface area contributed by atoms with E-state index in [1.807, 2.05) is 6.92 Å². The summed E-state index contributed by atoms with van der Waals surface area (Å²) in [6.07, 6.45) is 0. The van der Waals surface area contributed by atoms with Gasteiger partial charge in [0.05, 0.1) is 22.1 Å². The van der Waals surface area contributed by atoms with Crippen LogP contribution in [0, 0.1) is 17.0 Å². The lowest BCUT2D eigenvalue weighted by Crippen LogP contribution is -2.31. The molecule has 8 heteroatoms. The normalized spacial score (nSPS) is 11.2. The van der Waals surface area contributed by atoms with Crippen LogP contribution in [-0.4, -0.2) is 26.5 Å². The third kappa shape index (κ3) is 3.90. The summed E-state index contributed by atoms with van der Waals surface area (Å²) < 4.78 is 32.7. The number of non-ortho nitro benzene ring substituents is 1. The van der Waals surface area contributed by atoms with Crippen molar-refractivity contribution >= 4 is 21.4 Å². The maximum absolute atomic E-state index is 13.0. The Labute approximate surface area is 147 Å². The smallest absolute Gasteiger partial charge is 0.270 e. The lowest BCUT2D eigenvalue weighted by molar-refractivity contribution is -0.385. The van der Waals surface area contributed by atoms with Gasteiger partial charge < -0.3 is 4.74 Å². The van der Waals surface area contributed by atoms with E-state index in [2.05, 4.69) is 0 Å². The zero-order chi connectivity index (χ0) is 18.6. The molecule has 25 heavy (non-hydrogen) atoms. The lowest BCUT2D eigenvalue weighted by Gasteiger charge is -2.24. The molecule has 0 saturated heterocycles. The first-order valence-electron chi connectivity index (χ1n) is 7.82. The van der Waals surface area contributed by atoms with E-state index in [-0.39, 0.29) is 17.1 Å². The van der Waals surface area contributed by atoms with E-state index in [0.29, 0.717) is 23.6 Å². The molecule has 0 aliphatic rings. The number of hydrogen-bond donors (Lipinski definition) is 0. The van der Waals surface area contributed by atoms with Crippen LogP contribution in [0.1, 0.15) is 19.4 Å². The summed E-state index contributed by atoms with van der Waals surface area (Å²) in [5.41, 5.74) is 0.666. The maximum atomic E-state index is 13.0. The molecule has 0 aliphatic carbocycles. The molecule has 0 spiro atoms. The summed E-state index contributed by atoms with van der Waals surface area (Å²) in [4.78, 5) is 10.3. The Morgan fingerprint density at radius 3 is 2.28 bits per heavy atom. The van der Waals surface area contributed by atoms with E-state index in [1.165, 1.54) is 16.4 Å². The molecular weight excluding hydrogens is 344 g/mol. The van der Waals surface area contributed by atoms with Crippen molar-refractivity contribution in [2.45, 2.75) is 25.7 Å². The summed E-state index contributed by atoms with van der Waals surface area (Å²) in [6.45, 7) is 5.89. The van der Waals surface area contributed by atoms with Gasteiger partial charge in [-0.05, 0) is 50.6 Å². The number of ether oxygens (including phenoxy) is 1. The molecule has 0 atom stereocenters. The van der Waals surface area contributed by atoms with Gasteiger partial charge in [0.2, 0.25) is 0 Å². The van der Waals surface area contributed by atoms with Crippen molar-refractivity contribution in [3.05, 3.63) is 58.1 Å². The van der Waals surface area contributed by atoms with Gasteiger partial charge in [0.15, 0.2) is 0 Å². The maximum Gasteiger partial charge on any atom is 0.270 e. The van der Waals surface area contributed by atoms with Crippen molar-refractivity contribution in [1.82, 2.24) is 0 Å². The molecule has 0 fully saturated rings. The Balaban J connectivity index is 2.48. The largest absolute Gasteiger partial charge is 0.494 e. The van der Waals surface area contributed by atoms with Crippen LogP contribution < -0.4 is 9.04 Å². The van der Waals surface area contributed by atoms with Crippen molar-refractivity contribution in [2.24, 2.45) is 0 Å². The second-order valence-electron chi connectivity index (χ2n) is 5.30. The molecule has 7 nitrogen and oxygen atoms in total. The summed E-state index contributed by atoms with van der Waals surface area (Å²) >= 11 is 0. The molecular formula is C17H20N2O5S. The monoisotopic (exact) mass is 364 g/mol. The van der Waals surface area contributed by atoms with Crippen LogP contribution in [0.5, 0.6) is 5.75 Å². The first-order valence-corrected chi connectivity index (χ1v) is 9.26. The zero-order valence-electron chi connectivity index (χ0n) is 14.3. The molecule has 0 radical (unpaired) electrons. The number of benzene rings is 2. The predicted octanol–water partition coefficient (Wildman–Crippen LogP) is 3.52. The number of sulfonamides is 1. The molecule has 0 aliphatic heterocycles. The first-order chi connectivity index (χ1) is 11.8. The van der Waals surface area contributed by atoms with Crippen molar-refractivity contribution in [1.29, 1.82) is 0 Å². The molecule has 0 aromatic heterocycles. The molecule has 0 N–H and O–H groups in total. The topological polar surface area (TPSA) is 89.8 Å². The number of aryl methyl sites for hydroxylation is 1. The van der Waals surface area contributed by atoms with Crippen LogP contribution in [0.2, 0.25) is 0 Å². The number of nitrogens with zero attached hydrogens (tertiary/aromatic N) is 2. The quantitative estimate of drug-likeness (QED) is 0.554. The Morgan fingerprint density at radius 2 is 1.76 bits per heavy atom. The third-order valence-electron chi connectivity index (χ3n) is 3.67. The van der Waals surface area contributed by atoms with E-state index < -0.39 is 14.9 Å². The predicted molar refractivity (Wildman–Crippen MR) is 95.7 cm³/mol. The Kier molecular flexibility index (Phi) is 5.63. The average molecular weight is 364 g/mol. The fourth-order valence-corrected chi connectivity index (χ4v) is 4.19. The number of nitro benzene ring substituents is 1. The van der Waals surface area contributed by atoms with Gasteiger partial charge in [-0.1, -0.05) is 6.07 Å². The number of anilines is 1. The van der Waals surface area contributed by atoms with Gasteiger partial charge in [0.1, 0.15) is 5.75 Å². The van der Waals surface area contributed by atoms with Crippen molar-refractivity contribution in [3.63, 3.8) is 0 Å². The van der Waals surface area contributed by atoms with Gasteiger partial charge in [-0.3, -0.25) is 14.4 Å². The lowest BCUT2D eigenvalue weighted by atomic mass is 10.2. The van der Waals surface area contributed by atoms with Gasteiger partial charge in [-0.25, -0.2) is 8.42 Å². The van der Waals surface area contributed by atoms with Crippen molar-refractivity contribution in [2.75, 3.05) is 17.5 Å². The number of hydrogen-bond acceptors (Lipinski definition) is 5. The highest BCUT2D eigenvalue weighted by Crippen LogP contribution is 2.29. The van der Waals surface area contributed by atoms with Crippen LogP contribution in [0.15, 0.2) is 47.4 Å².